The van der Waals surface area contributed by atoms with Gasteiger partial charge in [0, 0.05) is 12.8 Å². The van der Waals surface area contributed by atoms with E-state index in [1.54, 1.807) is 0 Å². The van der Waals surface area contributed by atoms with Gasteiger partial charge in [-0.3, -0.25) is 18.6 Å². The van der Waals surface area contributed by atoms with Crippen molar-refractivity contribution in [2.45, 2.75) is 315 Å². The maximum atomic E-state index is 13.5. The highest BCUT2D eigenvalue weighted by Crippen LogP contribution is 2.43. The Morgan fingerprint density at radius 3 is 1.20 bits per heavy atom. The fourth-order valence-electron chi connectivity index (χ4n) is 9.47. The van der Waals surface area contributed by atoms with Gasteiger partial charge in [-0.05, 0) is 89.5 Å². The molecule has 0 aliphatic heterocycles. The summed E-state index contributed by atoms with van der Waals surface area (Å²) < 4.78 is 30.7. The van der Waals surface area contributed by atoms with Crippen molar-refractivity contribution in [3.8, 4) is 0 Å². The topological polar surface area (TPSA) is 111 Å². The number of carbonyl (C=O) groups is 2. The van der Waals surface area contributed by atoms with Gasteiger partial charge in [0.25, 0.3) is 0 Å². The molecule has 0 aliphatic carbocycles. The number of likely N-dealkylation sites (N-methyl/N-ethyl adjacent to an activating group) is 1. The zero-order chi connectivity index (χ0) is 57.9. The number of hydrogen-bond acceptors (Lipinski definition) is 6. The minimum absolute atomic E-state index is 0.0300. The molecule has 0 fully saturated rings. The third kappa shape index (κ3) is 59.9. The molecule has 0 spiro atoms. The van der Waals surface area contributed by atoms with Gasteiger partial charge >= 0.3 is 13.8 Å². The number of hydrogen-bond donors (Lipinski definition) is 2. The van der Waals surface area contributed by atoms with Crippen LogP contribution in [0.2, 0.25) is 0 Å². The zero-order valence-electron chi connectivity index (χ0n) is 52.6. The van der Waals surface area contributed by atoms with Crippen molar-refractivity contribution in [3.63, 3.8) is 0 Å². The summed E-state index contributed by atoms with van der Waals surface area (Å²) in [5.41, 5.74) is 0. The van der Waals surface area contributed by atoms with E-state index in [2.05, 4.69) is 80.8 Å². The minimum atomic E-state index is -4.46. The number of phosphoric acid groups is 1. The molecule has 0 saturated heterocycles. The summed E-state index contributed by atoms with van der Waals surface area (Å²) in [6, 6.07) is -0.880. The lowest BCUT2D eigenvalue weighted by atomic mass is 10.0. The van der Waals surface area contributed by atoms with Crippen molar-refractivity contribution in [3.05, 3.63) is 72.9 Å². The second kappa shape index (κ2) is 58.6. The van der Waals surface area contributed by atoms with E-state index < -0.39 is 20.0 Å². The fraction of sp³-hybridized carbons (Fsp3) is 0.797. The van der Waals surface area contributed by atoms with Gasteiger partial charge < -0.3 is 19.4 Å². The molecule has 0 aromatic carbocycles. The maximum Gasteiger partial charge on any atom is 0.472 e. The van der Waals surface area contributed by atoms with Crippen LogP contribution in [-0.4, -0.2) is 74.3 Å². The molecule has 1 amide bonds. The van der Waals surface area contributed by atoms with Gasteiger partial charge in [-0.2, -0.15) is 0 Å². The Labute approximate surface area is 489 Å². The van der Waals surface area contributed by atoms with Crippen molar-refractivity contribution < 1.29 is 37.3 Å². The Morgan fingerprint density at radius 1 is 0.443 bits per heavy atom. The maximum absolute atomic E-state index is 13.5. The van der Waals surface area contributed by atoms with Crippen molar-refractivity contribution in [1.29, 1.82) is 0 Å². The van der Waals surface area contributed by atoms with Gasteiger partial charge in [-0.1, -0.05) is 274 Å². The summed E-state index contributed by atoms with van der Waals surface area (Å²) in [4.78, 5) is 37.7. The third-order valence-electron chi connectivity index (χ3n) is 14.6. The predicted octanol–water partition coefficient (Wildman–Crippen LogP) is 20.8. The molecule has 79 heavy (non-hydrogen) atoms. The van der Waals surface area contributed by atoms with Crippen LogP contribution in [0.4, 0.5) is 0 Å². The molecule has 9 nitrogen and oxygen atoms in total. The van der Waals surface area contributed by atoms with Crippen LogP contribution >= 0.6 is 7.82 Å². The summed E-state index contributed by atoms with van der Waals surface area (Å²) in [7, 11) is 1.47. The molecule has 3 unspecified atom stereocenters. The van der Waals surface area contributed by atoms with Gasteiger partial charge in [-0.15, -0.1) is 0 Å². The number of phosphoric ester groups is 1. The number of quaternary nitrogens is 1. The number of nitrogens with one attached hydrogen (secondary N) is 1. The van der Waals surface area contributed by atoms with Crippen LogP contribution in [-0.2, 0) is 27.9 Å². The van der Waals surface area contributed by atoms with Crippen LogP contribution < -0.4 is 5.32 Å². The quantitative estimate of drug-likeness (QED) is 0.0205. The van der Waals surface area contributed by atoms with Gasteiger partial charge in [0.2, 0.25) is 5.91 Å². The lowest BCUT2D eigenvalue weighted by molar-refractivity contribution is -0.870. The Hall–Kier alpha value is -2.55. The molecule has 0 heterocycles. The highest BCUT2D eigenvalue weighted by molar-refractivity contribution is 7.47. The van der Waals surface area contributed by atoms with E-state index in [0.29, 0.717) is 17.4 Å². The van der Waals surface area contributed by atoms with Crippen LogP contribution in [0.25, 0.3) is 0 Å². The predicted molar refractivity (Wildman–Crippen MR) is 341 cm³/mol. The average molecular weight is 1130 g/mol. The Bertz CT molecular complexity index is 1580. The second-order valence-electron chi connectivity index (χ2n) is 23.6. The number of nitrogens with zero attached hydrogens (tertiary/aromatic N) is 1. The number of rotatable bonds is 60. The standard InChI is InChI=1S/C69H127N2O7P/c1-7-10-13-16-19-22-25-28-29-30-31-32-33-34-35-36-37-38-39-40-41-44-47-50-53-56-59-62-69(73)78-67(60-57-54-51-48-45-42-26-23-20-17-14-11-8-2)66(65-77-79(74,75)76-64-63-71(4,5)6)70-68(72)61-58-55-52-49-46-43-27-24-21-18-15-12-9-3/h19,22,28-29,31-32,43,46,52,55,57,60,66-67H,7-18,20-21,23-27,30,33-42,44-45,47-51,53-54,56,58-59,61-65H2,1-6H3,(H-,70,72,74,75)/p+1/b22-19-,29-28-,32-31-,46-43-,55-52+,60-57-. The first-order valence-corrected chi connectivity index (χ1v) is 34.8. The monoisotopic (exact) mass is 1130 g/mol. The lowest BCUT2D eigenvalue weighted by Gasteiger charge is -2.27. The Balaban J connectivity index is 5.09. The number of esters is 1. The van der Waals surface area contributed by atoms with Crippen LogP contribution in [0.1, 0.15) is 303 Å². The van der Waals surface area contributed by atoms with Gasteiger partial charge in [0.1, 0.15) is 19.3 Å². The van der Waals surface area contributed by atoms with Gasteiger partial charge in [0.05, 0.1) is 33.8 Å². The van der Waals surface area contributed by atoms with Crippen molar-refractivity contribution in [1.82, 2.24) is 5.32 Å². The first kappa shape index (κ1) is 76.5. The smallest absolute Gasteiger partial charge is 0.456 e. The molecule has 0 aromatic rings. The van der Waals surface area contributed by atoms with E-state index in [-0.39, 0.29) is 37.9 Å². The SMILES string of the molecule is CCCCC/C=C\C/C=C\C/C=C\CCCCCCCCCCCCCCCCC(=O)OC(/C=C\CCCCCCCCCCCCC)C(COP(=O)(O)OCC[N+](C)(C)C)NC(=O)CC/C=C/C/C=C\CCCCCCCC. The minimum Gasteiger partial charge on any atom is -0.456 e. The summed E-state index contributed by atoms with van der Waals surface area (Å²) >= 11 is 0. The average Bonchev–Trinajstić information content (AvgIpc) is 3.41. The van der Waals surface area contributed by atoms with E-state index in [9.17, 15) is 19.0 Å². The van der Waals surface area contributed by atoms with Crippen LogP contribution in [0.5, 0.6) is 0 Å². The molecule has 0 aliphatic rings. The molecule has 10 heteroatoms. The molecule has 0 aromatic heterocycles. The molecular formula is C69H128N2O7P+. The third-order valence-corrected chi connectivity index (χ3v) is 15.6. The lowest BCUT2D eigenvalue weighted by Crippen LogP contribution is -2.47. The zero-order valence-corrected chi connectivity index (χ0v) is 53.5. The Kier molecular flexibility index (Phi) is 56.7. The number of unbranched alkanes of at least 4 members (excludes halogenated alkanes) is 34. The number of amides is 1. The summed E-state index contributed by atoms with van der Waals surface area (Å²) in [5.74, 6) is -0.578. The van der Waals surface area contributed by atoms with Crippen molar-refractivity contribution in [2.24, 2.45) is 0 Å². The highest BCUT2D eigenvalue weighted by atomic mass is 31.2. The van der Waals surface area contributed by atoms with Crippen LogP contribution in [0, 0.1) is 0 Å². The molecule has 0 saturated carbocycles. The molecule has 2 N–H and O–H groups in total. The largest absolute Gasteiger partial charge is 0.472 e. The van der Waals surface area contributed by atoms with E-state index >= 15 is 0 Å². The van der Waals surface area contributed by atoms with Gasteiger partial charge in [0.15, 0.2) is 0 Å². The van der Waals surface area contributed by atoms with Gasteiger partial charge in [-0.25, -0.2) is 4.57 Å². The molecule has 460 valence electrons. The van der Waals surface area contributed by atoms with Crippen molar-refractivity contribution in [2.75, 3.05) is 40.9 Å². The first-order valence-electron chi connectivity index (χ1n) is 33.3. The molecule has 0 rings (SSSR count). The van der Waals surface area contributed by atoms with Crippen molar-refractivity contribution >= 4 is 19.7 Å². The van der Waals surface area contributed by atoms with Crippen LogP contribution in [0.3, 0.4) is 0 Å². The summed E-state index contributed by atoms with van der Waals surface area (Å²) in [6.45, 7) is 6.95. The second-order valence-corrected chi connectivity index (χ2v) is 25.1. The fourth-order valence-corrected chi connectivity index (χ4v) is 10.2. The van der Waals surface area contributed by atoms with E-state index in [1.807, 2.05) is 39.4 Å². The van der Waals surface area contributed by atoms with Crippen LogP contribution in [0.15, 0.2) is 72.9 Å². The summed E-state index contributed by atoms with van der Waals surface area (Å²) in [5, 5.41) is 3.02. The number of allylic oxidation sites excluding steroid dienone is 11. The molecular weight excluding hydrogens is 1000 g/mol. The van der Waals surface area contributed by atoms with E-state index in [0.717, 1.165) is 64.2 Å². The normalized spacial score (nSPS) is 14.1. The summed E-state index contributed by atoms with van der Waals surface area (Å²) in [6.07, 6.45) is 76.4. The molecule has 3 atom stereocenters. The molecule has 0 radical (unpaired) electrons. The first-order chi connectivity index (χ1) is 38.4. The van der Waals surface area contributed by atoms with E-state index in [4.69, 9.17) is 13.8 Å². The van der Waals surface area contributed by atoms with E-state index in [1.165, 1.54) is 199 Å². The number of carbonyl (C=O) groups excluding carboxylic acids is 2. The number of ether oxygens (including phenoxy) is 1. The Morgan fingerprint density at radius 2 is 0.785 bits per heavy atom. The highest BCUT2D eigenvalue weighted by Gasteiger charge is 2.30. The molecule has 0 bridgehead atoms.